The van der Waals surface area contributed by atoms with E-state index in [1.807, 2.05) is 0 Å². The van der Waals surface area contributed by atoms with Crippen molar-refractivity contribution < 1.29 is 20.1 Å². The summed E-state index contributed by atoms with van der Waals surface area (Å²) in [5.74, 6) is 1.69. The van der Waals surface area contributed by atoms with Crippen molar-refractivity contribution in [1.82, 2.24) is 0 Å². The summed E-state index contributed by atoms with van der Waals surface area (Å²) in [6.45, 7) is 10.2. The maximum Gasteiger partial charge on any atom is -0.147 e. The van der Waals surface area contributed by atoms with Crippen molar-refractivity contribution in [3.8, 4) is 0 Å². The Hall–Kier alpha value is -0.413. The van der Waals surface area contributed by atoms with Gasteiger partial charge in [0.15, 0.2) is 0 Å². The van der Waals surface area contributed by atoms with Crippen molar-refractivity contribution in [2.24, 2.45) is 0 Å². The minimum atomic E-state index is -2.07. The Morgan fingerprint density at radius 1 is 0.656 bits per heavy atom. The Kier molecular flexibility index (Phi) is 7.20. The fourth-order valence-electron chi connectivity index (χ4n) is 6.22. The van der Waals surface area contributed by atoms with Gasteiger partial charge >= 0.3 is 190 Å². The van der Waals surface area contributed by atoms with Crippen molar-refractivity contribution in [3.05, 3.63) is 80.9 Å². The van der Waals surface area contributed by atoms with Crippen LogP contribution >= 0.6 is 24.8 Å². The van der Waals surface area contributed by atoms with Crippen molar-refractivity contribution in [3.63, 3.8) is 0 Å². The molecule has 4 aliphatic carbocycles. The molecule has 0 aromatic heterocycles. The van der Waals surface area contributed by atoms with E-state index in [-0.39, 0.29) is 30.3 Å². The number of hydrogen-bond acceptors (Lipinski definition) is 0. The molecule has 168 valence electrons. The van der Waals surface area contributed by atoms with Gasteiger partial charge in [-0.25, -0.2) is 0 Å². The standard InChI is InChI=1S/2C13H13.C2H6Si.2ClH.Hf/c2*1-9-7-11-3-2-4-12(10-5-6-10)13(11)8-9;1-3-2;;;/h2*2-4,7-8,10H,5-6H2,1H3;1-2H3;2*1H;. The molecule has 0 saturated heterocycles. The molecule has 2 aromatic rings. The molecule has 0 heterocycles. The van der Waals surface area contributed by atoms with Gasteiger partial charge in [0.1, 0.15) is 0 Å². The van der Waals surface area contributed by atoms with Crippen molar-refractivity contribution in [1.29, 1.82) is 0 Å². The fraction of sp³-hybridized carbons (Fsp3) is 0.429. The summed E-state index contributed by atoms with van der Waals surface area (Å²) in [7, 11) is 0. The van der Waals surface area contributed by atoms with Crippen LogP contribution in [0.5, 0.6) is 0 Å². The van der Waals surface area contributed by atoms with Crippen LogP contribution in [0.2, 0.25) is 13.1 Å². The number of benzene rings is 2. The molecule has 0 aliphatic heterocycles. The molecule has 4 aliphatic rings. The van der Waals surface area contributed by atoms with E-state index in [0.29, 0.717) is 0 Å². The van der Waals surface area contributed by atoms with Gasteiger partial charge in [0.05, 0.1) is 0 Å². The third-order valence-electron chi connectivity index (χ3n) is 7.86. The van der Waals surface area contributed by atoms with Crippen LogP contribution in [0, 0.1) is 0 Å². The third-order valence-corrected chi connectivity index (χ3v) is 36.2. The van der Waals surface area contributed by atoms with Crippen molar-refractivity contribution in [2.75, 3.05) is 0 Å². The van der Waals surface area contributed by atoms with E-state index < -0.39 is 20.1 Å². The first kappa shape index (κ1) is 24.7. The second kappa shape index (κ2) is 9.32. The quantitative estimate of drug-likeness (QED) is 0.291. The molecule has 2 aromatic carbocycles. The molecular formula is C28H34Cl2HfSi. The second-order valence-corrected chi connectivity index (χ2v) is 35.3. The van der Waals surface area contributed by atoms with Gasteiger partial charge in [-0.05, 0) is 0 Å². The SMILES string of the molecule is CC1=Cc2c(C3CC3)cccc2[CH]1[Hf]([CH]1C(C)=Cc2c(C3CC3)cccc21)=[Si](C)C.Cl.Cl. The van der Waals surface area contributed by atoms with Crippen LogP contribution < -0.4 is 0 Å². The van der Waals surface area contributed by atoms with Gasteiger partial charge in [-0.3, -0.25) is 0 Å². The van der Waals surface area contributed by atoms with E-state index in [4.69, 9.17) is 0 Å². The average Bonchev–Trinajstić information content (AvgIpc) is 3.63. The van der Waals surface area contributed by atoms with Gasteiger partial charge in [-0.15, -0.1) is 24.8 Å². The third kappa shape index (κ3) is 4.02. The summed E-state index contributed by atoms with van der Waals surface area (Å²) in [6.07, 6.45) is 10.8. The Balaban J connectivity index is 0.00000122. The topological polar surface area (TPSA) is 0 Å². The fourth-order valence-corrected chi connectivity index (χ4v) is 35.6. The first-order valence-electron chi connectivity index (χ1n) is 11.8. The Morgan fingerprint density at radius 2 is 1.03 bits per heavy atom. The summed E-state index contributed by atoms with van der Waals surface area (Å²) >= 11 is -2.07. The van der Waals surface area contributed by atoms with E-state index in [1.54, 1.807) is 44.5 Å². The minimum Gasteiger partial charge on any atom is -0.147 e. The van der Waals surface area contributed by atoms with E-state index in [2.05, 4.69) is 75.5 Å². The summed E-state index contributed by atoms with van der Waals surface area (Å²) in [4.78, 5) is 0. The number of allylic oxidation sites excluding steroid dienone is 2. The Morgan fingerprint density at radius 3 is 1.38 bits per heavy atom. The minimum absolute atomic E-state index is 0. The molecule has 0 spiro atoms. The van der Waals surface area contributed by atoms with Crippen molar-refractivity contribution >= 4 is 42.5 Å². The number of hydrogen-bond donors (Lipinski definition) is 0. The Bertz CT molecular complexity index is 1080. The normalized spacial score (nSPS) is 22.8. The zero-order valence-electron chi connectivity index (χ0n) is 19.6. The first-order valence-corrected chi connectivity index (χ1v) is 23.9. The van der Waals surface area contributed by atoms with E-state index in [9.17, 15) is 0 Å². The molecule has 0 amide bonds. The summed E-state index contributed by atoms with van der Waals surface area (Å²) in [5.41, 5.74) is 13.2. The molecule has 4 heteroatoms. The molecule has 6 rings (SSSR count). The van der Waals surface area contributed by atoms with Crippen LogP contribution in [0.25, 0.3) is 12.2 Å². The summed E-state index contributed by atoms with van der Waals surface area (Å²) < 4.78 is 1.60. The van der Waals surface area contributed by atoms with Crippen LogP contribution in [0.15, 0.2) is 47.5 Å². The molecule has 0 N–H and O–H groups in total. The van der Waals surface area contributed by atoms with Crippen LogP contribution in [-0.4, -0.2) is 5.49 Å². The van der Waals surface area contributed by atoms with Crippen LogP contribution in [0.4, 0.5) is 0 Å². The molecule has 2 fully saturated rings. The van der Waals surface area contributed by atoms with Crippen LogP contribution in [0.1, 0.15) is 92.1 Å². The summed E-state index contributed by atoms with van der Waals surface area (Å²) in [5, 5.41) is 0. The molecular weight excluding hydrogens is 614 g/mol. The van der Waals surface area contributed by atoms with Gasteiger partial charge in [-0.2, -0.15) is 0 Å². The molecule has 2 atom stereocenters. The van der Waals surface area contributed by atoms with Gasteiger partial charge in [0.25, 0.3) is 0 Å². The van der Waals surface area contributed by atoms with Crippen LogP contribution in [-0.2, 0) is 20.1 Å². The largest absolute Gasteiger partial charge is 0.147 e. The van der Waals surface area contributed by atoms with E-state index in [0.717, 1.165) is 19.2 Å². The monoisotopic (exact) mass is 648 g/mol. The number of fused-ring (bicyclic) bond motifs is 2. The van der Waals surface area contributed by atoms with Crippen molar-refractivity contribution in [2.45, 2.75) is 71.8 Å². The summed E-state index contributed by atoms with van der Waals surface area (Å²) in [6, 6.07) is 14.6. The average molecular weight is 648 g/mol. The predicted molar refractivity (Wildman–Crippen MR) is 142 cm³/mol. The maximum absolute atomic E-state index is 2.65. The van der Waals surface area contributed by atoms with E-state index in [1.165, 1.54) is 25.7 Å². The second-order valence-electron chi connectivity index (χ2n) is 10.3. The molecule has 0 bridgehead atoms. The molecule has 32 heavy (non-hydrogen) atoms. The smallest absolute Gasteiger partial charge is 0.147 e. The predicted octanol–water partition coefficient (Wildman–Crippen LogP) is 8.77. The molecule has 2 saturated carbocycles. The molecule has 2 unspecified atom stereocenters. The number of halogens is 2. The van der Waals surface area contributed by atoms with Crippen LogP contribution in [0.3, 0.4) is 0 Å². The van der Waals surface area contributed by atoms with E-state index >= 15 is 0 Å². The molecule has 0 nitrogen and oxygen atoms in total. The van der Waals surface area contributed by atoms with Gasteiger partial charge in [0.2, 0.25) is 0 Å². The Labute approximate surface area is 213 Å². The van der Waals surface area contributed by atoms with Gasteiger partial charge in [0, 0.05) is 0 Å². The number of rotatable bonds is 4. The maximum atomic E-state index is 2.65. The zero-order chi connectivity index (χ0) is 20.6. The zero-order valence-corrected chi connectivity index (χ0v) is 25.8. The first-order chi connectivity index (χ1) is 14.5. The van der Waals surface area contributed by atoms with Gasteiger partial charge in [-0.1, -0.05) is 0 Å². The molecule has 0 radical (unpaired) electrons. The van der Waals surface area contributed by atoms with Gasteiger partial charge < -0.3 is 0 Å².